The molecule has 2 heteroatoms. The normalized spacial score (nSPS) is 31.6. The van der Waals surface area contributed by atoms with Gasteiger partial charge in [-0.1, -0.05) is 41.0 Å². The summed E-state index contributed by atoms with van der Waals surface area (Å²) < 4.78 is 0. The van der Waals surface area contributed by atoms with Crippen LogP contribution in [0.2, 0.25) is 0 Å². The van der Waals surface area contributed by atoms with E-state index in [-0.39, 0.29) is 12.1 Å². The molecule has 0 bridgehead atoms. The zero-order valence-electron chi connectivity index (χ0n) is 12.3. The quantitative estimate of drug-likeness (QED) is 0.743. The van der Waals surface area contributed by atoms with Crippen molar-refractivity contribution in [3.05, 3.63) is 0 Å². The molecule has 1 saturated carbocycles. The van der Waals surface area contributed by atoms with Gasteiger partial charge in [0, 0.05) is 11.6 Å². The van der Waals surface area contributed by atoms with Gasteiger partial charge in [0.2, 0.25) is 0 Å². The maximum absolute atomic E-state index is 9.74. The highest BCUT2D eigenvalue weighted by molar-refractivity contribution is 4.93. The summed E-state index contributed by atoms with van der Waals surface area (Å²) in [4.78, 5) is 0. The Morgan fingerprint density at radius 3 is 2.35 bits per heavy atom. The fourth-order valence-electron chi connectivity index (χ4n) is 3.23. The number of rotatable bonds is 3. The molecule has 2 atom stereocenters. The monoisotopic (exact) mass is 241 g/mol. The van der Waals surface area contributed by atoms with Gasteiger partial charge >= 0.3 is 0 Å². The Balaban J connectivity index is 2.67. The van der Waals surface area contributed by atoms with Gasteiger partial charge in [0.05, 0.1) is 6.61 Å². The summed E-state index contributed by atoms with van der Waals surface area (Å²) in [7, 11) is 0. The molecule has 17 heavy (non-hydrogen) atoms. The van der Waals surface area contributed by atoms with Crippen LogP contribution < -0.4 is 5.32 Å². The van der Waals surface area contributed by atoms with Crippen LogP contribution in [-0.2, 0) is 0 Å². The molecule has 1 aliphatic carbocycles. The smallest absolute Gasteiger partial charge is 0.0613 e. The minimum absolute atomic E-state index is 0.0197. The fraction of sp³-hybridized carbons (Fsp3) is 1.00. The van der Waals surface area contributed by atoms with Gasteiger partial charge in [0.25, 0.3) is 0 Å². The van der Waals surface area contributed by atoms with Crippen LogP contribution >= 0.6 is 0 Å². The molecule has 0 amide bonds. The van der Waals surface area contributed by atoms with Crippen molar-refractivity contribution in [1.82, 2.24) is 5.32 Å². The van der Waals surface area contributed by atoms with Gasteiger partial charge in [-0.2, -0.15) is 0 Å². The van der Waals surface area contributed by atoms with E-state index in [9.17, 15) is 5.11 Å². The zero-order valence-corrected chi connectivity index (χ0v) is 12.3. The van der Waals surface area contributed by atoms with E-state index in [0.717, 1.165) is 18.8 Å². The van der Waals surface area contributed by atoms with Crippen LogP contribution in [0.5, 0.6) is 0 Å². The number of nitrogens with one attached hydrogen (secondary N) is 1. The second-order valence-electron chi connectivity index (χ2n) is 7.23. The predicted molar refractivity (Wildman–Crippen MR) is 74.1 cm³/mol. The van der Waals surface area contributed by atoms with Gasteiger partial charge in [-0.25, -0.2) is 0 Å². The standard InChI is InChI=1S/C15H31NO/c1-12(2)16-15(11-17)9-6-7-13(8-10-15)14(3,4)5/h12-13,16-17H,6-11H2,1-5H3. The fourth-order valence-corrected chi connectivity index (χ4v) is 3.23. The molecule has 0 aromatic carbocycles. The summed E-state index contributed by atoms with van der Waals surface area (Å²) in [5.74, 6) is 0.796. The number of aliphatic hydroxyl groups is 1. The molecule has 2 unspecified atom stereocenters. The first-order chi connectivity index (χ1) is 7.79. The molecule has 0 radical (unpaired) electrons. The van der Waals surface area contributed by atoms with E-state index in [1.165, 1.54) is 19.3 Å². The lowest BCUT2D eigenvalue weighted by Crippen LogP contribution is -2.51. The molecule has 0 aliphatic heterocycles. The number of hydrogen-bond acceptors (Lipinski definition) is 2. The molecule has 1 rings (SSSR count). The highest BCUT2D eigenvalue weighted by atomic mass is 16.3. The van der Waals surface area contributed by atoms with Crippen LogP contribution in [0.25, 0.3) is 0 Å². The largest absolute Gasteiger partial charge is 0.394 e. The molecular formula is C15H31NO. The van der Waals surface area contributed by atoms with Gasteiger partial charge in [0.15, 0.2) is 0 Å². The lowest BCUT2D eigenvalue weighted by Gasteiger charge is -2.35. The first-order valence-electron chi connectivity index (χ1n) is 7.18. The molecule has 1 aliphatic rings. The van der Waals surface area contributed by atoms with E-state index >= 15 is 0 Å². The Hall–Kier alpha value is -0.0800. The van der Waals surface area contributed by atoms with Crippen molar-refractivity contribution in [2.45, 2.75) is 78.3 Å². The van der Waals surface area contributed by atoms with Crippen molar-refractivity contribution < 1.29 is 5.11 Å². The van der Waals surface area contributed by atoms with Gasteiger partial charge < -0.3 is 10.4 Å². The molecule has 0 aromatic heterocycles. The van der Waals surface area contributed by atoms with Gasteiger partial charge in [0.1, 0.15) is 0 Å². The Labute approximate surface area is 107 Å². The molecule has 102 valence electrons. The minimum Gasteiger partial charge on any atom is -0.394 e. The lowest BCUT2D eigenvalue weighted by atomic mass is 9.76. The summed E-state index contributed by atoms with van der Waals surface area (Å²) in [5.41, 5.74) is 0.386. The van der Waals surface area contributed by atoms with Gasteiger partial charge in [-0.05, 0) is 37.0 Å². The van der Waals surface area contributed by atoms with E-state index in [0.29, 0.717) is 11.5 Å². The summed E-state index contributed by atoms with van der Waals surface area (Å²) in [6.45, 7) is 11.7. The first kappa shape index (κ1) is 15.0. The second kappa shape index (κ2) is 5.71. The van der Waals surface area contributed by atoms with E-state index < -0.39 is 0 Å². The highest BCUT2D eigenvalue weighted by Crippen LogP contribution is 2.39. The summed E-state index contributed by atoms with van der Waals surface area (Å²) in [6, 6.07) is 0.452. The van der Waals surface area contributed by atoms with E-state index in [1.54, 1.807) is 0 Å². The lowest BCUT2D eigenvalue weighted by molar-refractivity contribution is 0.129. The van der Waals surface area contributed by atoms with Crippen molar-refractivity contribution in [2.24, 2.45) is 11.3 Å². The third kappa shape index (κ3) is 4.26. The van der Waals surface area contributed by atoms with Crippen LogP contribution in [0, 0.1) is 11.3 Å². The molecule has 2 N–H and O–H groups in total. The van der Waals surface area contributed by atoms with E-state index in [2.05, 4.69) is 39.9 Å². The molecule has 0 saturated heterocycles. The molecule has 0 aromatic rings. The zero-order chi connectivity index (χ0) is 13.1. The van der Waals surface area contributed by atoms with Crippen LogP contribution in [0.1, 0.15) is 66.7 Å². The van der Waals surface area contributed by atoms with Crippen LogP contribution in [0.4, 0.5) is 0 Å². The molecule has 0 spiro atoms. The summed E-state index contributed by atoms with van der Waals surface area (Å²) in [5, 5.41) is 13.3. The molecule has 0 heterocycles. The average Bonchev–Trinajstić information content (AvgIpc) is 2.39. The average molecular weight is 241 g/mol. The van der Waals surface area contributed by atoms with Crippen molar-refractivity contribution in [2.75, 3.05) is 6.61 Å². The predicted octanol–water partition coefficient (Wildman–Crippen LogP) is 3.34. The van der Waals surface area contributed by atoms with E-state index in [4.69, 9.17) is 0 Å². The minimum atomic E-state index is -0.0197. The topological polar surface area (TPSA) is 32.3 Å². The van der Waals surface area contributed by atoms with Gasteiger partial charge in [-0.15, -0.1) is 0 Å². The third-order valence-electron chi connectivity index (χ3n) is 4.30. The second-order valence-corrected chi connectivity index (χ2v) is 7.23. The van der Waals surface area contributed by atoms with Gasteiger partial charge in [-0.3, -0.25) is 0 Å². The van der Waals surface area contributed by atoms with Crippen molar-refractivity contribution in [3.63, 3.8) is 0 Å². The number of hydrogen-bond donors (Lipinski definition) is 2. The molecule has 2 nitrogen and oxygen atoms in total. The SMILES string of the molecule is CC(C)NC1(CO)CCCC(C(C)(C)C)CC1. The summed E-state index contributed by atoms with van der Waals surface area (Å²) >= 11 is 0. The maximum Gasteiger partial charge on any atom is 0.0613 e. The van der Waals surface area contributed by atoms with E-state index in [1.807, 2.05) is 0 Å². The third-order valence-corrected chi connectivity index (χ3v) is 4.30. The highest BCUT2D eigenvalue weighted by Gasteiger charge is 2.35. The Bertz CT molecular complexity index is 232. The number of aliphatic hydroxyl groups excluding tert-OH is 1. The van der Waals surface area contributed by atoms with Crippen LogP contribution in [0.3, 0.4) is 0 Å². The molecule has 1 fully saturated rings. The summed E-state index contributed by atoms with van der Waals surface area (Å²) in [6.07, 6.45) is 6.02. The van der Waals surface area contributed by atoms with Crippen LogP contribution in [-0.4, -0.2) is 23.3 Å². The van der Waals surface area contributed by atoms with Crippen molar-refractivity contribution >= 4 is 0 Å². The Kier molecular flexibility index (Phi) is 5.03. The Morgan fingerprint density at radius 2 is 1.88 bits per heavy atom. The van der Waals surface area contributed by atoms with Crippen molar-refractivity contribution in [3.8, 4) is 0 Å². The Morgan fingerprint density at radius 1 is 1.24 bits per heavy atom. The first-order valence-corrected chi connectivity index (χ1v) is 7.18. The molecular weight excluding hydrogens is 210 g/mol. The van der Waals surface area contributed by atoms with Crippen molar-refractivity contribution in [1.29, 1.82) is 0 Å². The maximum atomic E-state index is 9.74. The van der Waals surface area contributed by atoms with Crippen LogP contribution in [0.15, 0.2) is 0 Å².